The van der Waals surface area contributed by atoms with Crippen LogP contribution in [0.2, 0.25) is 0 Å². The van der Waals surface area contributed by atoms with E-state index in [-0.39, 0.29) is 11.7 Å². The van der Waals surface area contributed by atoms with Crippen molar-refractivity contribution in [3.8, 4) is 5.75 Å². The van der Waals surface area contributed by atoms with Gasteiger partial charge in [-0.1, -0.05) is 68.2 Å². The molecule has 0 bridgehead atoms. The van der Waals surface area contributed by atoms with E-state index >= 15 is 0 Å². The van der Waals surface area contributed by atoms with Crippen molar-refractivity contribution in [3.63, 3.8) is 0 Å². The highest BCUT2D eigenvalue weighted by Crippen LogP contribution is 2.27. The normalized spacial score (nSPS) is 15.6. The van der Waals surface area contributed by atoms with Crippen LogP contribution in [0.15, 0.2) is 47.4 Å². The fourth-order valence-corrected chi connectivity index (χ4v) is 3.50. The number of carbonyl (C=O) groups is 1. The minimum absolute atomic E-state index is 0.180. The third-order valence-electron chi connectivity index (χ3n) is 3.94. The quantitative estimate of drug-likeness (QED) is 0.578. The van der Waals surface area contributed by atoms with Crippen LogP contribution in [0.5, 0.6) is 5.75 Å². The van der Waals surface area contributed by atoms with Gasteiger partial charge in [-0.05, 0) is 40.8 Å². The Bertz CT molecular complexity index is 876. The van der Waals surface area contributed by atoms with Crippen molar-refractivity contribution < 1.29 is 13.9 Å². The third kappa shape index (κ3) is 4.51. The van der Waals surface area contributed by atoms with E-state index in [0.717, 1.165) is 5.56 Å². The maximum atomic E-state index is 14.3. The highest BCUT2D eigenvalue weighted by molar-refractivity contribution is 8.26. The van der Waals surface area contributed by atoms with Crippen molar-refractivity contribution in [2.24, 2.45) is 0 Å². The predicted molar refractivity (Wildman–Crippen MR) is 108 cm³/mol. The van der Waals surface area contributed by atoms with Crippen LogP contribution in [0, 0.1) is 5.82 Å². The fraction of sp³-hybridized carbons (Fsp3) is 0.200. The fourth-order valence-electron chi connectivity index (χ4n) is 2.46. The molecule has 26 heavy (non-hydrogen) atoms. The Hall–Kier alpha value is -2.18. The molecule has 1 fully saturated rings. The van der Waals surface area contributed by atoms with Crippen LogP contribution < -0.4 is 10.1 Å². The number of amides is 1. The minimum Gasteiger partial charge on any atom is -0.486 e. The smallest absolute Gasteiger partial charge is 0.263 e. The lowest BCUT2D eigenvalue weighted by Gasteiger charge is -2.10. The first kappa shape index (κ1) is 18.6. The van der Waals surface area contributed by atoms with Gasteiger partial charge in [-0.25, -0.2) is 4.39 Å². The molecule has 0 aliphatic carbocycles. The van der Waals surface area contributed by atoms with Gasteiger partial charge < -0.3 is 10.1 Å². The summed E-state index contributed by atoms with van der Waals surface area (Å²) in [5.74, 6) is -0.0765. The molecule has 1 heterocycles. The Kier molecular flexibility index (Phi) is 5.74. The number of hydrogen-bond donors (Lipinski definition) is 1. The Morgan fingerprint density at radius 1 is 1.23 bits per heavy atom. The van der Waals surface area contributed by atoms with Crippen LogP contribution in [0.25, 0.3) is 6.08 Å². The summed E-state index contributed by atoms with van der Waals surface area (Å²) in [4.78, 5) is 12.1. The molecule has 6 heteroatoms. The molecule has 3 nitrogen and oxygen atoms in total. The molecule has 3 rings (SSSR count). The first-order chi connectivity index (χ1) is 12.4. The molecule has 0 unspecified atom stereocenters. The van der Waals surface area contributed by atoms with Gasteiger partial charge in [0, 0.05) is 0 Å². The summed E-state index contributed by atoms with van der Waals surface area (Å²) >= 11 is 6.10. The first-order valence-corrected chi connectivity index (χ1v) is 9.41. The van der Waals surface area contributed by atoms with Gasteiger partial charge in [0.15, 0.2) is 11.6 Å². The van der Waals surface area contributed by atoms with E-state index in [4.69, 9.17) is 17.0 Å². The van der Waals surface area contributed by atoms with E-state index in [1.807, 2.05) is 12.1 Å². The van der Waals surface area contributed by atoms with E-state index in [9.17, 15) is 9.18 Å². The second kappa shape index (κ2) is 8.01. The number of ether oxygens (including phenoxy) is 1. The number of benzene rings is 2. The Morgan fingerprint density at radius 3 is 2.54 bits per heavy atom. The molecule has 0 spiro atoms. The Morgan fingerprint density at radius 2 is 1.96 bits per heavy atom. The lowest BCUT2D eigenvalue weighted by molar-refractivity contribution is -0.115. The highest BCUT2D eigenvalue weighted by atomic mass is 32.2. The molecular weight excluding hydrogens is 369 g/mol. The van der Waals surface area contributed by atoms with Crippen LogP contribution in [0.4, 0.5) is 4.39 Å². The van der Waals surface area contributed by atoms with Gasteiger partial charge in [0.25, 0.3) is 5.91 Å². The molecule has 2 aromatic carbocycles. The molecule has 134 valence electrons. The summed E-state index contributed by atoms with van der Waals surface area (Å²) in [5, 5.41) is 2.53. The van der Waals surface area contributed by atoms with E-state index in [0.29, 0.717) is 27.3 Å². The maximum Gasteiger partial charge on any atom is 0.263 e. The number of nitrogens with one attached hydrogen (secondary N) is 1. The molecule has 1 amide bonds. The summed E-state index contributed by atoms with van der Waals surface area (Å²) in [6.45, 7) is 4.57. The summed E-state index contributed by atoms with van der Waals surface area (Å²) < 4.78 is 20.3. The number of rotatable bonds is 5. The molecule has 0 radical (unpaired) electrons. The Labute approximate surface area is 161 Å². The largest absolute Gasteiger partial charge is 0.486 e. The summed E-state index contributed by atoms with van der Waals surface area (Å²) in [7, 11) is 0. The van der Waals surface area contributed by atoms with Crippen molar-refractivity contribution in [1.29, 1.82) is 0 Å². The van der Waals surface area contributed by atoms with Gasteiger partial charge in [0.05, 0.1) is 4.91 Å². The molecule has 0 aromatic heterocycles. The summed E-state index contributed by atoms with van der Waals surface area (Å²) in [6.07, 6.45) is 1.61. The maximum absolute atomic E-state index is 14.3. The van der Waals surface area contributed by atoms with Crippen LogP contribution in [-0.4, -0.2) is 10.2 Å². The molecule has 1 N–H and O–H groups in total. The van der Waals surface area contributed by atoms with Crippen LogP contribution in [0.3, 0.4) is 0 Å². The second-order valence-electron chi connectivity index (χ2n) is 6.23. The number of carbonyl (C=O) groups excluding carboxylic acids is 1. The van der Waals surface area contributed by atoms with E-state index in [1.54, 1.807) is 18.2 Å². The van der Waals surface area contributed by atoms with Gasteiger partial charge >= 0.3 is 0 Å². The number of halogens is 1. The molecule has 0 saturated carbocycles. The van der Waals surface area contributed by atoms with Crippen LogP contribution in [-0.2, 0) is 11.4 Å². The zero-order chi connectivity index (χ0) is 18.7. The van der Waals surface area contributed by atoms with Gasteiger partial charge in [-0.3, -0.25) is 4.79 Å². The topological polar surface area (TPSA) is 38.3 Å². The number of hydrogen-bond acceptors (Lipinski definition) is 4. The number of thiocarbonyl (C=S) groups is 1. The lowest BCUT2D eigenvalue weighted by atomic mass is 10.0. The zero-order valence-corrected chi connectivity index (χ0v) is 16.0. The van der Waals surface area contributed by atoms with Crippen LogP contribution in [0.1, 0.15) is 36.5 Å². The second-order valence-corrected chi connectivity index (χ2v) is 7.95. The number of thioether (sulfide) groups is 1. The van der Waals surface area contributed by atoms with Crippen LogP contribution >= 0.6 is 24.0 Å². The standard InChI is InChI=1S/C20H18FNO2S2/c1-12(2)15-6-3-13(4-7-15)11-24-17-8-5-14(9-16(17)21)10-18-19(23)22-20(25)26-18/h3-10,12H,11H2,1-2H3,(H,22,23,25). The molecule has 1 aliphatic heterocycles. The van der Waals surface area contributed by atoms with E-state index < -0.39 is 5.82 Å². The highest BCUT2D eigenvalue weighted by Gasteiger charge is 2.22. The van der Waals surface area contributed by atoms with Crippen molar-refractivity contribution in [2.75, 3.05) is 0 Å². The third-order valence-corrected chi connectivity index (χ3v) is 5.10. The predicted octanol–water partition coefficient (Wildman–Crippen LogP) is 5.02. The summed E-state index contributed by atoms with van der Waals surface area (Å²) in [6, 6.07) is 12.7. The zero-order valence-electron chi connectivity index (χ0n) is 14.4. The van der Waals surface area contributed by atoms with Gasteiger partial charge in [-0.15, -0.1) is 0 Å². The van der Waals surface area contributed by atoms with Gasteiger partial charge in [0.2, 0.25) is 0 Å². The SMILES string of the molecule is CC(C)c1ccc(COc2ccc(C=C3SC(=S)NC3=O)cc2F)cc1. The monoisotopic (exact) mass is 387 g/mol. The van der Waals surface area contributed by atoms with Gasteiger partial charge in [0.1, 0.15) is 10.9 Å². The molecular formula is C20H18FNO2S2. The average Bonchev–Trinajstić information content (AvgIpc) is 2.91. The van der Waals surface area contributed by atoms with E-state index in [2.05, 4.69) is 31.3 Å². The minimum atomic E-state index is -0.468. The molecule has 1 aliphatic rings. The Balaban J connectivity index is 1.67. The molecule has 2 aromatic rings. The van der Waals surface area contributed by atoms with E-state index in [1.165, 1.54) is 23.4 Å². The summed E-state index contributed by atoms with van der Waals surface area (Å²) in [5.41, 5.74) is 2.82. The van der Waals surface area contributed by atoms with Crippen molar-refractivity contribution in [3.05, 3.63) is 69.9 Å². The van der Waals surface area contributed by atoms with Crippen molar-refractivity contribution in [2.45, 2.75) is 26.4 Å². The lowest BCUT2D eigenvalue weighted by Crippen LogP contribution is -2.17. The molecule has 0 atom stereocenters. The van der Waals surface area contributed by atoms with Crippen molar-refractivity contribution >= 4 is 40.3 Å². The first-order valence-electron chi connectivity index (χ1n) is 8.18. The average molecular weight is 388 g/mol. The van der Waals surface area contributed by atoms with Crippen molar-refractivity contribution in [1.82, 2.24) is 5.32 Å². The molecule has 1 saturated heterocycles. The van der Waals surface area contributed by atoms with Gasteiger partial charge in [-0.2, -0.15) is 0 Å².